The van der Waals surface area contributed by atoms with Gasteiger partial charge in [-0.3, -0.25) is 9.59 Å². The molecule has 1 amide bonds. The molecule has 0 aromatic rings. The summed E-state index contributed by atoms with van der Waals surface area (Å²) in [6.07, 6.45) is -0.347. The van der Waals surface area contributed by atoms with E-state index in [-0.39, 0.29) is 6.42 Å². The van der Waals surface area contributed by atoms with Crippen molar-refractivity contribution in [2.75, 3.05) is 0 Å². The summed E-state index contributed by atoms with van der Waals surface area (Å²) in [5.41, 5.74) is 0. The van der Waals surface area contributed by atoms with E-state index in [4.69, 9.17) is 10.2 Å². The van der Waals surface area contributed by atoms with Crippen LogP contribution >= 0.6 is 11.8 Å². The van der Waals surface area contributed by atoms with E-state index in [1.165, 1.54) is 0 Å². The summed E-state index contributed by atoms with van der Waals surface area (Å²) in [6.45, 7) is 0. The van der Waals surface area contributed by atoms with Gasteiger partial charge in [0.25, 0.3) is 0 Å². The number of hydrogen-bond acceptors (Lipinski definition) is 4. The summed E-state index contributed by atoms with van der Waals surface area (Å²) in [4.78, 5) is 31.6. The highest BCUT2D eigenvalue weighted by molar-refractivity contribution is 8.02. The molecule has 7 heteroatoms. The lowest BCUT2D eigenvalue weighted by Crippen LogP contribution is -2.32. The largest absolute Gasteiger partial charge is 0.481 e. The highest BCUT2D eigenvalue weighted by atomic mass is 32.2. The van der Waals surface area contributed by atoms with Crippen molar-refractivity contribution >= 4 is 29.6 Å². The Labute approximate surface area is 77.3 Å². The third-order valence-electron chi connectivity index (χ3n) is 1.45. The van der Waals surface area contributed by atoms with Gasteiger partial charge in [0, 0.05) is 0 Å². The molecule has 1 aliphatic rings. The van der Waals surface area contributed by atoms with Crippen LogP contribution in [-0.4, -0.2) is 38.7 Å². The van der Waals surface area contributed by atoms with Gasteiger partial charge in [0.2, 0.25) is 5.91 Å². The molecule has 72 valence electrons. The molecular formula is C6H7NO5S. The summed E-state index contributed by atoms with van der Waals surface area (Å²) in [7, 11) is 0. The average Bonchev–Trinajstić information content (AvgIpc) is 2.31. The van der Waals surface area contributed by atoms with Gasteiger partial charge in [-0.25, -0.2) is 4.79 Å². The molecule has 1 heterocycles. The van der Waals surface area contributed by atoms with Crippen LogP contribution in [0.2, 0.25) is 0 Å². The summed E-state index contributed by atoms with van der Waals surface area (Å²) in [6, 6.07) is 0. The number of rotatable bonds is 3. The molecule has 13 heavy (non-hydrogen) atoms. The fourth-order valence-corrected chi connectivity index (χ4v) is 1.96. The van der Waals surface area contributed by atoms with Gasteiger partial charge in [-0.1, -0.05) is 0 Å². The maximum Gasteiger partial charge on any atom is 0.336 e. The van der Waals surface area contributed by atoms with Crippen molar-refractivity contribution < 1.29 is 24.6 Å². The number of carbonyl (C=O) groups is 3. The van der Waals surface area contributed by atoms with E-state index >= 15 is 0 Å². The Hall–Kier alpha value is -1.24. The van der Waals surface area contributed by atoms with Crippen LogP contribution in [0.5, 0.6) is 0 Å². The molecule has 2 atom stereocenters. The molecule has 3 N–H and O–H groups in total. The van der Waals surface area contributed by atoms with Crippen molar-refractivity contribution in [3.63, 3.8) is 0 Å². The quantitative estimate of drug-likeness (QED) is 0.551. The number of amides is 1. The van der Waals surface area contributed by atoms with Crippen molar-refractivity contribution in [1.29, 1.82) is 0 Å². The molecular weight excluding hydrogens is 198 g/mol. The van der Waals surface area contributed by atoms with Crippen LogP contribution < -0.4 is 5.32 Å². The number of hydrogen-bond donors (Lipinski definition) is 3. The zero-order chi connectivity index (χ0) is 10.0. The monoisotopic (exact) mass is 205 g/mol. The first-order chi connectivity index (χ1) is 6.00. The molecule has 1 aliphatic heterocycles. The summed E-state index contributed by atoms with van der Waals surface area (Å²) in [5.74, 6) is -2.80. The van der Waals surface area contributed by atoms with Crippen LogP contribution in [0.15, 0.2) is 0 Å². The van der Waals surface area contributed by atoms with Crippen LogP contribution in [0.25, 0.3) is 0 Å². The molecule has 2 unspecified atom stereocenters. The van der Waals surface area contributed by atoms with E-state index in [0.717, 1.165) is 11.8 Å². The third-order valence-corrected chi connectivity index (χ3v) is 2.75. The Bertz CT molecular complexity index is 266. The minimum absolute atomic E-state index is 0.347. The first kappa shape index (κ1) is 9.85. The second-order valence-electron chi connectivity index (χ2n) is 2.45. The van der Waals surface area contributed by atoms with Gasteiger partial charge in [-0.2, -0.15) is 0 Å². The van der Waals surface area contributed by atoms with Crippen molar-refractivity contribution in [2.45, 2.75) is 17.0 Å². The average molecular weight is 205 g/mol. The number of carboxylic acid groups (broad SMARTS) is 2. The Morgan fingerprint density at radius 1 is 1.46 bits per heavy atom. The van der Waals surface area contributed by atoms with Crippen molar-refractivity contribution in [1.82, 2.24) is 5.32 Å². The van der Waals surface area contributed by atoms with Crippen LogP contribution in [0.3, 0.4) is 0 Å². The molecule has 6 nitrogen and oxygen atoms in total. The molecule has 0 aromatic heterocycles. The Kier molecular flexibility index (Phi) is 2.76. The van der Waals surface area contributed by atoms with Gasteiger partial charge < -0.3 is 15.5 Å². The normalized spacial score (nSPS) is 26.9. The van der Waals surface area contributed by atoms with Crippen LogP contribution in [0, 0.1) is 0 Å². The minimum atomic E-state index is -1.16. The van der Waals surface area contributed by atoms with Gasteiger partial charge in [-0.05, 0) is 0 Å². The van der Waals surface area contributed by atoms with Gasteiger partial charge in [0.05, 0.1) is 11.7 Å². The third kappa shape index (κ3) is 2.35. The predicted octanol–water partition coefficient (Wildman–Crippen LogP) is -0.897. The molecule has 0 aromatic carbocycles. The SMILES string of the molecule is O=C(O)CC1SC(C(=O)O)NC1=O. The first-order valence-corrected chi connectivity index (χ1v) is 4.35. The second kappa shape index (κ2) is 3.65. The Balaban J connectivity index is 2.56. The summed E-state index contributed by atoms with van der Waals surface area (Å²) < 4.78 is 0. The molecule has 0 bridgehead atoms. The van der Waals surface area contributed by atoms with Crippen LogP contribution in [0.1, 0.15) is 6.42 Å². The van der Waals surface area contributed by atoms with E-state index in [1.807, 2.05) is 0 Å². The van der Waals surface area contributed by atoms with Crippen molar-refractivity contribution in [3.05, 3.63) is 0 Å². The minimum Gasteiger partial charge on any atom is -0.481 e. The molecule has 0 saturated carbocycles. The van der Waals surface area contributed by atoms with Crippen LogP contribution in [0.4, 0.5) is 0 Å². The molecule has 1 rings (SSSR count). The smallest absolute Gasteiger partial charge is 0.336 e. The van der Waals surface area contributed by atoms with Gasteiger partial charge in [0.15, 0.2) is 5.37 Å². The Morgan fingerprint density at radius 3 is 2.46 bits per heavy atom. The topological polar surface area (TPSA) is 104 Å². The van der Waals surface area contributed by atoms with Gasteiger partial charge in [-0.15, -0.1) is 11.8 Å². The number of nitrogens with one attached hydrogen (secondary N) is 1. The predicted molar refractivity (Wildman–Crippen MR) is 43.2 cm³/mol. The van der Waals surface area contributed by atoms with Gasteiger partial charge >= 0.3 is 11.9 Å². The van der Waals surface area contributed by atoms with E-state index in [2.05, 4.69) is 5.32 Å². The summed E-state index contributed by atoms with van der Waals surface area (Å²) >= 11 is 0.814. The molecule has 1 fully saturated rings. The lowest BCUT2D eigenvalue weighted by Gasteiger charge is -2.01. The first-order valence-electron chi connectivity index (χ1n) is 3.41. The second-order valence-corrected chi connectivity index (χ2v) is 3.76. The molecule has 0 spiro atoms. The maximum atomic E-state index is 11.0. The summed E-state index contributed by atoms with van der Waals surface area (Å²) in [5, 5.41) is 17.2. The number of thioether (sulfide) groups is 1. The molecule has 0 aliphatic carbocycles. The lowest BCUT2D eigenvalue weighted by atomic mass is 10.3. The van der Waals surface area contributed by atoms with Crippen molar-refractivity contribution in [3.8, 4) is 0 Å². The standard InChI is InChI=1S/C6H7NO5S/c8-3(9)1-2-4(10)7-5(13-2)6(11)12/h2,5H,1H2,(H,7,10)(H,8,9)(H,11,12). The number of carbonyl (C=O) groups excluding carboxylic acids is 1. The van der Waals surface area contributed by atoms with Crippen molar-refractivity contribution in [2.24, 2.45) is 0 Å². The highest BCUT2D eigenvalue weighted by Crippen LogP contribution is 2.25. The molecule has 0 radical (unpaired) electrons. The van der Waals surface area contributed by atoms with E-state index in [0.29, 0.717) is 0 Å². The fourth-order valence-electron chi connectivity index (χ4n) is 0.902. The Morgan fingerprint density at radius 2 is 2.08 bits per heavy atom. The van der Waals surface area contributed by atoms with E-state index in [9.17, 15) is 14.4 Å². The van der Waals surface area contributed by atoms with Gasteiger partial charge in [0.1, 0.15) is 0 Å². The maximum absolute atomic E-state index is 11.0. The zero-order valence-corrected chi connectivity index (χ0v) is 7.21. The van der Waals surface area contributed by atoms with Crippen LogP contribution in [-0.2, 0) is 14.4 Å². The van der Waals surface area contributed by atoms with E-state index in [1.54, 1.807) is 0 Å². The highest BCUT2D eigenvalue weighted by Gasteiger charge is 2.37. The zero-order valence-electron chi connectivity index (χ0n) is 6.39. The lowest BCUT2D eigenvalue weighted by molar-refractivity contribution is -0.138. The number of aliphatic carboxylic acids is 2. The number of carboxylic acids is 2. The van der Waals surface area contributed by atoms with E-state index < -0.39 is 28.5 Å². The fraction of sp³-hybridized carbons (Fsp3) is 0.500. The molecule has 1 saturated heterocycles.